The fraction of sp³-hybridized carbons (Fsp3) is 1.00. The van der Waals surface area contributed by atoms with Crippen molar-refractivity contribution in [3.63, 3.8) is 0 Å². The first-order chi connectivity index (χ1) is 9.39. The van der Waals surface area contributed by atoms with Gasteiger partial charge in [0.1, 0.15) is 0 Å². The van der Waals surface area contributed by atoms with Crippen LogP contribution in [0.25, 0.3) is 0 Å². The minimum absolute atomic E-state index is 0.00245. The summed E-state index contributed by atoms with van der Waals surface area (Å²) in [6.45, 7) is 12.5. The van der Waals surface area contributed by atoms with Gasteiger partial charge in [-0.25, -0.2) is 0 Å². The fourth-order valence-corrected chi connectivity index (χ4v) is 5.54. The average molecular weight is 320 g/mol. The van der Waals surface area contributed by atoms with Crippen LogP contribution in [-0.4, -0.2) is 46.8 Å². The Kier molecular flexibility index (Phi) is 8.32. The molecule has 0 bridgehead atoms. The highest BCUT2D eigenvalue weighted by atomic mass is 32.2. The number of thioether (sulfide) groups is 2. The molecule has 4 heteroatoms. The molecule has 0 aromatic heterocycles. The summed E-state index contributed by atoms with van der Waals surface area (Å²) >= 11 is 4.33. The Morgan fingerprint density at radius 3 is 2.55 bits per heavy atom. The Morgan fingerprint density at radius 2 is 2.00 bits per heavy atom. The maximum Gasteiger partial charge on any atom is 0.0623 e. The third-order valence-corrected chi connectivity index (χ3v) is 7.84. The molecular weight excluding hydrogens is 286 g/mol. The standard InChI is InChI=1S/C16H33NOS2/c1-7-10-17-14(8-9-16(4,5)18-6)15-11-19-12(2)13(3)20-15/h12-15,17H,7-11H2,1-6H3. The van der Waals surface area contributed by atoms with Gasteiger partial charge in [0.15, 0.2) is 0 Å². The molecule has 1 N–H and O–H groups in total. The molecule has 120 valence electrons. The molecule has 0 aromatic carbocycles. The molecule has 4 atom stereocenters. The zero-order valence-corrected chi connectivity index (χ0v) is 15.7. The molecule has 1 saturated heterocycles. The minimum Gasteiger partial charge on any atom is -0.379 e. The second-order valence-corrected chi connectivity index (χ2v) is 9.51. The van der Waals surface area contributed by atoms with Crippen LogP contribution in [0.5, 0.6) is 0 Å². The molecule has 0 spiro atoms. The van der Waals surface area contributed by atoms with Crippen LogP contribution in [-0.2, 0) is 4.74 Å². The second kappa shape index (κ2) is 8.92. The quantitative estimate of drug-likeness (QED) is 0.724. The third-order valence-electron chi connectivity index (χ3n) is 4.29. The molecule has 0 saturated carbocycles. The topological polar surface area (TPSA) is 21.3 Å². The number of hydrogen-bond acceptors (Lipinski definition) is 4. The molecule has 1 aliphatic heterocycles. The number of hydrogen-bond donors (Lipinski definition) is 1. The van der Waals surface area contributed by atoms with Crippen LogP contribution in [0, 0.1) is 0 Å². The lowest BCUT2D eigenvalue weighted by atomic mass is 9.97. The molecule has 0 amide bonds. The molecule has 1 heterocycles. The maximum atomic E-state index is 5.58. The summed E-state index contributed by atoms with van der Waals surface area (Å²) < 4.78 is 5.58. The number of rotatable bonds is 8. The van der Waals surface area contributed by atoms with E-state index in [1.165, 1.54) is 18.6 Å². The first-order valence-corrected chi connectivity index (χ1v) is 9.94. The molecule has 0 radical (unpaired) electrons. The molecule has 0 aromatic rings. The number of nitrogens with one attached hydrogen (secondary N) is 1. The first kappa shape index (κ1) is 18.7. The van der Waals surface area contributed by atoms with Crippen molar-refractivity contribution in [2.75, 3.05) is 19.4 Å². The van der Waals surface area contributed by atoms with Crippen molar-refractivity contribution in [2.24, 2.45) is 0 Å². The Balaban J connectivity index is 2.54. The Bertz CT molecular complexity index is 273. The monoisotopic (exact) mass is 319 g/mol. The van der Waals surface area contributed by atoms with Gasteiger partial charge in [0.25, 0.3) is 0 Å². The van der Waals surface area contributed by atoms with Crippen LogP contribution in [0.1, 0.15) is 53.9 Å². The van der Waals surface area contributed by atoms with Gasteiger partial charge in [-0.05, 0) is 39.7 Å². The fourth-order valence-electron chi connectivity index (χ4n) is 2.37. The van der Waals surface area contributed by atoms with Crippen LogP contribution in [0.3, 0.4) is 0 Å². The first-order valence-electron chi connectivity index (χ1n) is 7.95. The molecule has 4 unspecified atom stereocenters. The summed E-state index contributed by atoms with van der Waals surface area (Å²) in [6.07, 6.45) is 3.54. The largest absolute Gasteiger partial charge is 0.379 e. The van der Waals surface area contributed by atoms with E-state index in [9.17, 15) is 0 Å². The van der Waals surface area contributed by atoms with Gasteiger partial charge in [0.2, 0.25) is 0 Å². The van der Waals surface area contributed by atoms with Crippen molar-refractivity contribution >= 4 is 23.5 Å². The van der Waals surface area contributed by atoms with Crippen LogP contribution >= 0.6 is 23.5 Å². The van der Waals surface area contributed by atoms with E-state index in [-0.39, 0.29) is 5.60 Å². The summed E-state index contributed by atoms with van der Waals surface area (Å²) in [5.41, 5.74) is -0.00245. The Labute approximate surface area is 134 Å². The van der Waals surface area contributed by atoms with Crippen molar-refractivity contribution < 1.29 is 4.74 Å². The molecule has 1 fully saturated rings. The Morgan fingerprint density at radius 1 is 1.30 bits per heavy atom. The van der Waals surface area contributed by atoms with Gasteiger partial charge in [-0.1, -0.05) is 20.8 Å². The van der Waals surface area contributed by atoms with E-state index in [4.69, 9.17) is 4.74 Å². The molecule has 20 heavy (non-hydrogen) atoms. The highest BCUT2D eigenvalue weighted by Gasteiger charge is 2.32. The van der Waals surface area contributed by atoms with Gasteiger partial charge < -0.3 is 10.1 Å². The predicted octanol–water partition coefficient (Wildman–Crippen LogP) is 4.19. The number of ether oxygens (including phenoxy) is 1. The molecule has 0 aliphatic carbocycles. The van der Waals surface area contributed by atoms with Gasteiger partial charge in [0.05, 0.1) is 5.60 Å². The van der Waals surface area contributed by atoms with Crippen molar-refractivity contribution in [3.05, 3.63) is 0 Å². The van der Waals surface area contributed by atoms with Crippen molar-refractivity contribution in [3.8, 4) is 0 Å². The normalized spacial score (nSPS) is 29.4. The van der Waals surface area contributed by atoms with E-state index in [0.29, 0.717) is 6.04 Å². The van der Waals surface area contributed by atoms with Gasteiger partial charge in [-0.3, -0.25) is 0 Å². The average Bonchev–Trinajstić information content (AvgIpc) is 2.42. The summed E-state index contributed by atoms with van der Waals surface area (Å²) in [7, 11) is 1.82. The van der Waals surface area contributed by atoms with Crippen LogP contribution in [0.2, 0.25) is 0 Å². The summed E-state index contributed by atoms with van der Waals surface area (Å²) in [6, 6.07) is 0.622. The molecule has 1 rings (SSSR count). The predicted molar refractivity (Wildman–Crippen MR) is 95.2 cm³/mol. The minimum atomic E-state index is -0.00245. The summed E-state index contributed by atoms with van der Waals surface area (Å²) in [5, 5.41) is 6.08. The van der Waals surface area contributed by atoms with Gasteiger partial charge in [-0.15, -0.1) is 0 Å². The van der Waals surface area contributed by atoms with E-state index < -0.39 is 0 Å². The lowest BCUT2D eigenvalue weighted by Crippen LogP contribution is -2.44. The number of methoxy groups -OCH3 is 1. The molecule has 2 nitrogen and oxygen atoms in total. The maximum absolute atomic E-state index is 5.58. The Hall–Kier alpha value is 0.620. The highest BCUT2D eigenvalue weighted by molar-refractivity contribution is 8.07. The van der Waals surface area contributed by atoms with E-state index >= 15 is 0 Å². The SMILES string of the molecule is CCCNC(CCC(C)(C)OC)C1CSC(C)C(C)S1. The van der Waals surface area contributed by atoms with E-state index in [2.05, 4.69) is 63.5 Å². The van der Waals surface area contributed by atoms with Crippen LogP contribution in [0.4, 0.5) is 0 Å². The zero-order valence-electron chi connectivity index (χ0n) is 14.1. The van der Waals surface area contributed by atoms with Crippen molar-refractivity contribution in [2.45, 2.75) is 81.3 Å². The van der Waals surface area contributed by atoms with Crippen molar-refractivity contribution in [1.29, 1.82) is 0 Å². The molecular formula is C16H33NOS2. The molecule has 1 aliphatic rings. The second-order valence-electron chi connectivity index (χ2n) is 6.48. The highest BCUT2D eigenvalue weighted by Crippen LogP contribution is 2.38. The zero-order chi connectivity index (χ0) is 15.2. The smallest absolute Gasteiger partial charge is 0.0623 e. The van der Waals surface area contributed by atoms with Gasteiger partial charge in [0, 0.05) is 34.7 Å². The van der Waals surface area contributed by atoms with E-state index in [0.717, 1.165) is 28.7 Å². The summed E-state index contributed by atoms with van der Waals surface area (Å²) in [5.74, 6) is 1.28. The lowest BCUT2D eigenvalue weighted by Gasteiger charge is -2.37. The van der Waals surface area contributed by atoms with E-state index in [1.54, 1.807) is 0 Å². The summed E-state index contributed by atoms with van der Waals surface area (Å²) in [4.78, 5) is 0. The van der Waals surface area contributed by atoms with E-state index in [1.807, 2.05) is 7.11 Å². The van der Waals surface area contributed by atoms with Crippen molar-refractivity contribution in [1.82, 2.24) is 5.32 Å². The third kappa shape index (κ3) is 6.17. The van der Waals surface area contributed by atoms with Crippen LogP contribution < -0.4 is 5.32 Å². The van der Waals surface area contributed by atoms with Gasteiger partial charge in [-0.2, -0.15) is 23.5 Å². The van der Waals surface area contributed by atoms with Gasteiger partial charge >= 0.3 is 0 Å². The lowest BCUT2D eigenvalue weighted by molar-refractivity contribution is 0.0118. The van der Waals surface area contributed by atoms with Crippen LogP contribution in [0.15, 0.2) is 0 Å².